The lowest BCUT2D eigenvalue weighted by Gasteiger charge is -2.12. The number of amides is 1. The SMILES string of the molecule is CSC(C)CNC(=O)c1cnc(NN)c2ccccc12. The number of thioether (sulfide) groups is 1. The van der Waals surface area contributed by atoms with Gasteiger partial charge in [0.15, 0.2) is 0 Å². The number of fused-ring (bicyclic) bond motifs is 1. The Morgan fingerprint density at radius 2 is 2.10 bits per heavy atom. The van der Waals surface area contributed by atoms with Gasteiger partial charge in [-0.15, -0.1) is 0 Å². The van der Waals surface area contributed by atoms with E-state index in [2.05, 4.69) is 22.7 Å². The predicted octanol–water partition coefficient (Wildman–Crippen LogP) is 2.00. The zero-order valence-corrected chi connectivity index (χ0v) is 12.3. The van der Waals surface area contributed by atoms with Gasteiger partial charge in [0.1, 0.15) is 5.82 Å². The topological polar surface area (TPSA) is 80.0 Å². The molecule has 2 aromatic rings. The van der Waals surface area contributed by atoms with Crippen molar-refractivity contribution in [2.24, 2.45) is 5.84 Å². The fourth-order valence-electron chi connectivity index (χ4n) is 1.90. The van der Waals surface area contributed by atoms with E-state index in [0.717, 1.165) is 10.8 Å². The molecule has 20 heavy (non-hydrogen) atoms. The van der Waals surface area contributed by atoms with Crippen LogP contribution in [0.5, 0.6) is 0 Å². The van der Waals surface area contributed by atoms with E-state index < -0.39 is 0 Å². The van der Waals surface area contributed by atoms with Crippen LogP contribution in [0.15, 0.2) is 30.5 Å². The molecule has 0 saturated carbocycles. The number of aromatic nitrogens is 1. The van der Waals surface area contributed by atoms with Crippen LogP contribution < -0.4 is 16.6 Å². The van der Waals surface area contributed by atoms with Gasteiger partial charge in [-0.2, -0.15) is 11.8 Å². The van der Waals surface area contributed by atoms with Gasteiger partial charge in [-0.25, -0.2) is 10.8 Å². The number of pyridine rings is 1. The van der Waals surface area contributed by atoms with Gasteiger partial charge in [0.2, 0.25) is 0 Å². The van der Waals surface area contributed by atoms with E-state index >= 15 is 0 Å². The van der Waals surface area contributed by atoms with E-state index in [1.54, 1.807) is 18.0 Å². The smallest absolute Gasteiger partial charge is 0.253 e. The van der Waals surface area contributed by atoms with Crippen molar-refractivity contribution < 1.29 is 4.79 Å². The Morgan fingerprint density at radius 1 is 1.40 bits per heavy atom. The van der Waals surface area contributed by atoms with Gasteiger partial charge < -0.3 is 10.7 Å². The van der Waals surface area contributed by atoms with E-state index in [0.29, 0.717) is 23.2 Å². The summed E-state index contributed by atoms with van der Waals surface area (Å²) in [4.78, 5) is 16.5. The van der Waals surface area contributed by atoms with Crippen LogP contribution in [0.2, 0.25) is 0 Å². The molecule has 5 nitrogen and oxygen atoms in total. The maximum absolute atomic E-state index is 12.3. The first-order valence-electron chi connectivity index (χ1n) is 6.32. The average Bonchev–Trinajstić information content (AvgIpc) is 2.51. The number of rotatable bonds is 5. The number of benzene rings is 1. The molecule has 1 heterocycles. The molecule has 4 N–H and O–H groups in total. The fraction of sp³-hybridized carbons (Fsp3) is 0.286. The molecule has 1 aromatic carbocycles. The highest BCUT2D eigenvalue weighted by Gasteiger charge is 2.13. The number of nitrogens with two attached hydrogens (primary N) is 1. The number of nitrogens with zero attached hydrogens (tertiary/aromatic N) is 1. The Morgan fingerprint density at radius 3 is 2.75 bits per heavy atom. The summed E-state index contributed by atoms with van der Waals surface area (Å²) in [5, 5.41) is 4.98. The molecule has 0 fully saturated rings. The number of carbonyl (C=O) groups is 1. The zero-order chi connectivity index (χ0) is 14.5. The van der Waals surface area contributed by atoms with Crippen LogP contribution in [0.25, 0.3) is 10.8 Å². The molecule has 1 atom stereocenters. The van der Waals surface area contributed by atoms with Crippen LogP contribution in [0.3, 0.4) is 0 Å². The molecular formula is C14H18N4OS. The largest absolute Gasteiger partial charge is 0.351 e. The number of nitrogen functional groups attached to an aromatic ring is 1. The van der Waals surface area contributed by atoms with Crippen molar-refractivity contribution in [2.45, 2.75) is 12.2 Å². The van der Waals surface area contributed by atoms with Crippen molar-refractivity contribution in [2.75, 3.05) is 18.2 Å². The van der Waals surface area contributed by atoms with Gasteiger partial charge in [0.05, 0.1) is 5.56 Å². The number of hydrogen-bond acceptors (Lipinski definition) is 5. The van der Waals surface area contributed by atoms with Crippen molar-refractivity contribution in [1.82, 2.24) is 10.3 Å². The molecule has 0 aliphatic carbocycles. The molecule has 0 saturated heterocycles. The minimum atomic E-state index is -0.113. The fourth-order valence-corrected chi connectivity index (χ4v) is 2.15. The van der Waals surface area contributed by atoms with E-state index in [1.807, 2.05) is 30.5 Å². The molecular weight excluding hydrogens is 272 g/mol. The third kappa shape index (κ3) is 3.02. The van der Waals surface area contributed by atoms with Crippen LogP contribution in [-0.4, -0.2) is 28.9 Å². The van der Waals surface area contributed by atoms with Crippen LogP contribution in [0.1, 0.15) is 17.3 Å². The summed E-state index contributed by atoms with van der Waals surface area (Å²) < 4.78 is 0. The van der Waals surface area contributed by atoms with Gasteiger partial charge in [-0.3, -0.25) is 4.79 Å². The average molecular weight is 290 g/mol. The zero-order valence-electron chi connectivity index (χ0n) is 11.5. The van der Waals surface area contributed by atoms with Gasteiger partial charge in [-0.05, 0) is 11.6 Å². The van der Waals surface area contributed by atoms with Gasteiger partial charge in [0.25, 0.3) is 5.91 Å². The molecule has 1 amide bonds. The highest BCUT2D eigenvalue weighted by Crippen LogP contribution is 2.23. The first kappa shape index (κ1) is 14.6. The standard InChI is InChI=1S/C14H18N4OS/c1-9(20-2)7-17-14(19)12-8-16-13(18-15)11-6-4-3-5-10(11)12/h3-6,8-9H,7,15H2,1-2H3,(H,16,18)(H,17,19). The Kier molecular flexibility index (Phi) is 4.81. The van der Waals surface area contributed by atoms with Crippen molar-refractivity contribution in [3.63, 3.8) is 0 Å². The van der Waals surface area contributed by atoms with Crippen LogP contribution in [-0.2, 0) is 0 Å². The first-order chi connectivity index (χ1) is 9.67. The minimum absolute atomic E-state index is 0.113. The van der Waals surface area contributed by atoms with Crippen molar-refractivity contribution in [3.05, 3.63) is 36.0 Å². The van der Waals surface area contributed by atoms with Crippen molar-refractivity contribution in [1.29, 1.82) is 0 Å². The third-order valence-electron chi connectivity index (χ3n) is 3.13. The first-order valence-corrected chi connectivity index (χ1v) is 7.61. The van der Waals surface area contributed by atoms with Gasteiger partial charge in [-0.1, -0.05) is 31.2 Å². The molecule has 2 rings (SSSR count). The van der Waals surface area contributed by atoms with Crippen LogP contribution in [0, 0.1) is 0 Å². The van der Waals surface area contributed by atoms with Crippen LogP contribution >= 0.6 is 11.8 Å². The second-order valence-electron chi connectivity index (χ2n) is 4.47. The summed E-state index contributed by atoms with van der Waals surface area (Å²) in [6.45, 7) is 2.70. The van der Waals surface area contributed by atoms with Crippen molar-refractivity contribution in [3.8, 4) is 0 Å². The molecule has 106 valence electrons. The molecule has 1 unspecified atom stereocenters. The predicted molar refractivity (Wildman–Crippen MR) is 84.9 cm³/mol. The van der Waals surface area contributed by atoms with Crippen LogP contribution in [0.4, 0.5) is 5.82 Å². The number of carbonyl (C=O) groups excluding carboxylic acids is 1. The van der Waals surface area contributed by atoms with E-state index in [1.165, 1.54) is 0 Å². The lowest BCUT2D eigenvalue weighted by molar-refractivity contribution is 0.0955. The van der Waals surface area contributed by atoms with Gasteiger partial charge >= 0.3 is 0 Å². The molecule has 0 aliphatic heterocycles. The van der Waals surface area contributed by atoms with Gasteiger partial charge in [0, 0.05) is 23.4 Å². The Hall–Kier alpha value is -1.79. The molecule has 6 heteroatoms. The summed E-state index contributed by atoms with van der Waals surface area (Å²) in [6.07, 6.45) is 3.58. The number of anilines is 1. The second-order valence-corrected chi connectivity index (χ2v) is 5.74. The lowest BCUT2D eigenvalue weighted by Crippen LogP contribution is -2.29. The molecule has 0 spiro atoms. The monoisotopic (exact) mass is 290 g/mol. The summed E-state index contributed by atoms with van der Waals surface area (Å²) in [7, 11) is 0. The Bertz CT molecular complexity index is 617. The number of hydrogen-bond donors (Lipinski definition) is 3. The molecule has 0 radical (unpaired) electrons. The second kappa shape index (κ2) is 6.58. The third-order valence-corrected chi connectivity index (χ3v) is 4.10. The van der Waals surface area contributed by atoms with Crippen molar-refractivity contribution >= 4 is 34.3 Å². The molecule has 1 aromatic heterocycles. The Balaban J connectivity index is 2.33. The Labute approximate surface area is 122 Å². The maximum atomic E-state index is 12.3. The lowest BCUT2D eigenvalue weighted by atomic mass is 10.1. The summed E-state index contributed by atoms with van der Waals surface area (Å²) in [6, 6.07) is 7.57. The number of nitrogens with one attached hydrogen (secondary N) is 2. The quantitative estimate of drug-likeness (QED) is 0.580. The highest BCUT2D eigenvalue weighted by molar-refractivity contribution is 7.99. The minimum Gasteiger partial charge on any atom is -0.351 e. The summed E-state index contributed by atoms with van der Waals surface area (Å²) in [5.41, 5.74) is 3.11. The normalized spacial score (nSPS) is 12.2. The van der Waals surface area contributed by atoms with E-state index in [-0.39, 0.29) is 5.91 Å². The molecule has 0 bridgehead atoms. The van der Waals surface area contributed by atoms with E-state index in [9.17, 15) is 4.79 Å². The highest BCUT2D eigenvalue weighted by atomic mass is 32.2. The molecule has 0 aliphatic rings. The van der Waals surface area contributed by atoms with E-state index in [4.69, 9.17) is 5.84 Å². The maximum Gasteiger partial charge on any atom is 0.253 e. The summed E-state index contributed by atoms with van der Waals surface area (Å²) in [5.74, 6) is 5.89. The summed E-state index contributed by atoms with van der Waals surface area (Å²) >= 11 is 1.71. The number of hydrazine groups is 1.